The molecule has 0 aliphatic carbocycles. The molecule has 3 aromatic heterocycles. The highest BCUT2D eigenvalue weighted by atomic mass is 16.3. The van der Waals surface area contributed by atoms with Gasteiger partial charge in [0.05, 0.1) is 17.6 Å². The molecular weight excluding hydrogens is 381 g/mol. The predicted octanol–water partition coefficient (Wildman–Crippen LogP) is 0.299. The third kappa shape index (κ3) is 3.41. The lowest BCUT2D eigenvalue weighted by atomic mass is 10.0. The van der Waals surface area contributed by atoms with Crippen molar-refractivity contribution < 1.29 is 5.11 Å². The average Bonchev–Trinajstić information content (AvgIpc) is 3.28. The molecule has 11 heteroatoms. The van der Waals surface area contributed by atoms with Gasteiger partial charge in [-0.2, -0.15) is 19.6 Å². The highest BCUT2D eigenvalue weighted by Gasteiger charge is 2.24. The summed E-state index contributed by atoms with van der Waals surface area (Å²) in [5.74, 6) is 2.06. The van der Waals surface area contributed by atoms with Crippen molar-refractivity contribution >= 4 is 41.9 Å². The topological polar surface area (TPSA) is 119 Å². The van der Waals surface area contributed by atoms with Crippen LogP contribution < -0.4 is 21.0 Å². The summed E-state index contributed by atoms with van der Waals surface area (Å²) in [6, 6.07) is 5.70. The fraction of sp³-hybridized carbons (Fsp3) is 0.368. The zero-order valence-corrected chi connectivity index (χ0v) is 16.8. The summed E-state index contributed by atoms with van der Waals surface area (Å²) >= 11 is 0. The fourth-order valence-corrected chi connectivity index (χ4v) is 3.93. The Hall–Kier alpha value is -3.34. The van der Waals surface area contributed by atoms with E-state index in [4.69, 9.17) is 12.8 Å². The first kappa shape index (κ1) is 18.7. The van der Waals surface area contributed by atoms with E-state index in [2.05, 4.69) is 49.4 Å². The summed E-state index contributed by atoms with van der Waals surface area (Å²) in [7, 11) is 6.10. The van der Waals surface area contributed by atoms with Crippen LogP contribution in [0, 0.1) is 0 Å². The van der Waals surface area contributed by atoms with E-state index in [0.717, 1.165) is 24.1 Å². The number of piperazine rings is 1. The second kappa shape index (κ2) is 7.17. The Bertz CT molecular complexity index is 1210. The summed E-state index contributed by atoms with van der Waals surface area (Å²) in [5, 5.41) is 20.8. The molecule has 1 aromatic carbocycles. The number of nitrogens with zero attached hydrogens (tertiary/aromatic N) is 6. The molecule has 10 nitrogen and oxygen atoms in total. The monoisotopic (exact) mass is 403 g/mol. The largest absolute Gasteiger partial charge is 0.508 e. The summed E-state index contributed by atoms with van der Waals surface area (Å²) in [6.45, 7) is 6.30. The number of phenols is 1. The third-order valence-corrected chi connectivity index (χ3v) is 5.15. The minimum atomic E-state index is 0.194. The van der Waals surface area contributed by atoms with Gasteiger partial charge in [-0.05, 0) is 31.4 Å². The maximum atomic E-state index is 9.65. The molecule has 1 saturated heterocycles. The number of fused-ring (bicyclic) bond motifs is 2. The fourth-order valence-electron chi connectivity index (χ4n) is 3.93. The van der Waals surface area contributed by atoms with Crippen LogP contribution in [0.2, 0.25) is 0 Å². The van der Waals surface area contributed by atoms with E-state index in [1.54, 1.807) is 28.9 Å². The van der Waals surface area contributed by atoms with Crippen LogP contribution in [0.4, 0.5) is 11.9 Å². The van der Waals surface area contributed by atoms with Crippen LogP contribution in [0.25, 0.3) is 16.7 Å². The van der Waals surface area contributed by atoms with Crippen LogP contribution in [-0.4, -0.2) is 67.7 Å². The van der Waals surface area contributed by atoms with Crippen LogP contribution in [0.5, 0.6) is 5.75 Å². The van der Waals surface area contributed by atoms with Crippen molar-refractivity contribution in [3.63, 3.8) is 0 Å². The van der Waals surface area contributed by atoms with E-state index >= 15 is 0 Å². The van der Waals surface area contributed by atoms with Gasteiger partial charge in [0.25, 0.3) is 0 Å². The molecule has 1 fully saturated rings. The van der Waals surface area contributed by atoms with Crippen molar-refractivity contribution in [2.24, 2.45) is 0 Å². The Balaban J connectivity index is 1.46. The Labute approximate surface area is 174 Å². The molecule has 1 aliphatic heterocycles. The summed E-state index contributed by atoms with van der Waals surface area (Å²) < 4.78 is 1.60. The molecule has 2 unspecified atom stereocenters. The van der Waals surface area contributed by atoms with E-state index in [9.17, 15) is 5.11 Å². The normalized spacial score (nSPS) is 19.6. The van der Waals surface area contributed by atoms with Crippen molar-refractivity contribution in [3.05, 3.63) is 30.2 Å². The predicted molar refractivity (Wildman–Crippen MR) is 116 cm³/mol. The first-order chi connectivity index (χ1) is 14.5. The first-order valence-electron chi connectivity index (χ1n) is 9.90. The first-order valence-corrected chi connectivity index (χ1v) is 9.90. The van der Waals surface area contributed by atoms with E-state index in [-0.39, 0.29) is 5.75 Å². The third-order valence-electron chi connectivity index (χ3n) is 5.15. The highest BCUT2D eigenvalue weighted by molar-refractivity contribution is 6.36. The van der Waals surface area contributed by atoms with Crippen molar-refractivity contribution in [2.75, 3.05) is 23.3 Å². The number of aromatic amines is 1. The molecule has 152 valence electrons. The van der Waals surface area contributed by atoms with Crippen molar-refractivity contribution in [3.8, 4) is 5.75 Å². The maximum absolute atomic E-state index is 9.65. The molecule has 1 aliphatic rings. The Morgan fingerprint density at radius 2 is 2.00 bits per heavy atom. The van der Waals surface area contributed by atoms with Gasteiger partial charge in [0.15, 0.2) is 5.65 Å². The van der Waals surface area contributed by atoms with Crippen LogP contribution in [-0.2, 0) is 6.54 Å². The number of H-pyrrole nitrogens is 1. The molecule has 4 heterocycles. The van der Waals surface area contributed by atoms with Crippen molar-refractivity contribution in [1.82, 2.24) is 34.9 Å². The van der Waals surface area contributed by atoms with Gasteiger partial charge >= 0.3 is 0 Å². The number of aromatic hydroxyl groups is 1. The molecule has 30 heavy (non-hydrogen) atoms. The van der Waals surface area contributed by atoms with Crippen LogP contribution in [0.15, 0.2) is 24.4 Å². The second-order valence-electron chi connectivity index (χ2n) is 7.79. The number of hydrogen-bond acceptors (Lipinski definition) is 8. The lowest BCUT2D eigenvalue weighted by Crippen LogP contribution is -2.54. The molecule has 0 bridgehead atoms. The number of anilines is 2. The standard InChI is InChI=1S/C19H22BN9O/c1-10-8-28(9-11(2)23-10)19-26-17-13(20)6-22-29(17)18(27-19)21-7-16-24-14-4-3-12(30)5-15(14)25-16/h3-6,10-11,23,30H,7-9H2,1-2H3,(H,24,25)(H,21,26,27). The van der Waals surface area contributed by atoms with Gasteiger partial charge in [-0.15, -0.1) is 0 Å². The molecule has 4 aromatic rings. The average molecular weight is 403 g/mol. The summed E-state index contributed by atoms with van der Waals surface area (Å²) in [6.07, 6.45) is 1.58. The lowest BCUT2D eigenvalue weighted by molar-refractivity contribution is 0.403. The molecule has 0 spiro atoms. The van der Waals surface area contributed by atoms with Gasteiger partial charge in [-0.25, -0.2) is 4.98 Å². The zero-order chi connectivity index (χ0) is 20.8. The van der Waals surface area contributed by atoms with Gasteiger partial charge in [-0.1, -0.05) is 0 Å². The van der Waals surface area contributed by atoms with Crippen LogP contribution in [0.3, 0.4) is 0 Å². The molecule has 0 saturated carbocycles. The van der Waals surface area contributed by atoms with Crippen LogP contribution in [0.1, 0.15) is 19.7 Å². The molecular formula is C19H22BN9O. The van der Waals surface area contributed by atoms with Gasteiger partial charge in [0, 0.05) is 37.4 Å². The Morgan fingerprint density at radius 3 is 2.80 bits per heavy atom. The molecule has 4 N–H and O–H groups in total. The lowest BCUT2D eigenvalue weighted by Gasteiger charge is -2.36. The van der Waals surface area contributed by atoms with E-state index < -0.39 is 0 Å². The van der Waals surface area contributed by atoms with E-state index in [1.165, 1.54) is 0 Å². The van der Waals surface area contributed by atoms with Crippen molar-refractivity contribution in [1.29, 1.82) is 0 Å². The molecule has 5 rings (SSSR count). The van der Waals surface area contributed by atoms with E-state index in [1.807, 2.05) is 0 Å². The summed E-state index contributed by atoms with van der Waals surface area (Å²) in [4.78, 5) is 19.3. The second-order valence-corrected chi connectivity index (χ2v) is 7.79. The number of phenolic OH excluding ortho intramolecular Hbond substituents is 1. The minimum absolute atomic E-state index is 0.194. The number of nitrogens with one attached hydrogen (secondary N) is 3. The van der Waals surface area contributed by atoms with Gasteiger partial charge in [0.2, 0.25) is 11.9 Å². The number of hydrogen-bond donors (Lipinski definition) is 4. The Morgan fingerprint density at radius 1 is 1.20 bits per heavy atom. The van der Waals surface area contributed by atoms with Crippen molar-refractivity contribution in [2.45, 2.75) is 32.5 Å². The SMILES string of the molecule is [B]c1cnn2c(NCc3nc4ccc(O)cc4[nH]3)nc(N3CC(C)NC(C)C3)nc12. The summed E-state index contributed by atoms with van der Waals surface area (Å²) in [5.41, 5.74) is 2.62. The van der Waals surface area contributed by atoms with Crippen LogP contribution >= 0.6 is 0 Å². The number of benzene rings is 1. The number of rotatable bonds is 4. The highest BCUT2D eigenvalue weighted by Crippen LogP contribution is 2.19. The minimum Gasteiger partial charge on any atom is -0.508 e. The maximum Gasteiger partial charge on any atom is 0.230 e. The van der Waals surface area contributed by atoms with Gasteiger partial charge in [0.1, 0.15) is 19.4 Å². The molecule has 0 amide bonds. The van der Waals surface area contributed by atoms with Gasteiger partial charge in [-0.3, -0.25) is 0 Å². The number of aromatic nitrogens is 6. The molecule has 2 atom stereocenters. The smallest absolute Gasteiger partial charge is 0.230 e. The Kier molecular flexibility index (Phi) is 4.46. The zero-order valence-electron chi connectivity index (χ0n) is 16.8. The number of imidazole rings is 1. The quantitative estimate of drug-likeness (QED) is 0.359. The van der Waals surface area contributed by atoms with E-state index in [0.29, 0.717) is 47.5 Å². The van der Waals surface area contributed by atoms with Gasteiger partial charge < -0.3 is 25.6 Å². The molecule has 2 radical (unpaired) electrons.